The topological polar surface area (TPSA) is 86.9 Å². The van der Waals surface area contributed by atoms with Gasteiger partial charge in [-0.3, -0.25) is 9.79 Å². The molecule has 0 aliphatic carbocycles. The molecule has 2 aromatic rings. The molecule has 0 radical (unpaired) electrons. The summed E-state index contributed by atoms with van der Waals surface area (Å²) < 4.78 is 0. The van der Waals surface area contributed by atoms with Crippen molar-refractivity contribution >= 4 is 41.7 Å². The van der Waals surface area contributed by atoms with Crippen molar-refractivity contribution in [1.82, 2.24) is 15.2 Å². The van der Waals surface area contributed by atoms with E-state index in [-0.39, 0.29) is 35.8 Å². The number of guanidine groups is 1. The van der Waals surface area contributed by atoms with Gasteiger partial charge in [-0.05, 0) is 43.2 Å². The third-order valence-electron chi connectivity index (χ3n) is 6.59. The molecule has 0 saturated carbocycles. The fourth-order valence-electron chi connectivity index (χ4n) is 4.90. The third-order valence-corrected chi connectivity index (χ3v) is 6.59. The number of primary amides is 1. The van der Waals surface area contributed by atoms with Crippen LogP contribution in [0.5, 0.6) is 0 Å². The number of pyridine rings is 1. The average molecular weight is 563 g/mol. The second-order valence-electron chi connectivity index (χ2n) is 8.86. The van der Waals surface area contributed by atoms with Gasteiger partial charge in [-0.15, -0.1) is 24.0 Å². The van der Waals surface area contributed by atoms with E-state index in [1.807, 2.05) is 19.3 Å². The Balaban J connectivity index is 0.00000306. The number of hydrogen-bond acceptors (Lipinski definition) is 4. The second-order valence-corrected chi connectivity index (χ2v) is 8.86. The lowest BCUT2D eigenvalue weighted by molar-refractivity contribution is -0.122. The van der Waals surface area contributed by atoms with Gasteiger partial charge in [-0.25, -0.2) is 4.98 Å². The largest absolute Gasteiger partial charge is 0.369 e. The van der Waals surface area contributed by atoms with Crippen molar-refractivity contribution in [3.63, 3.8) is 0 Å². The summed E-state index contributed by atoms with van der Waals surface area (Å²) in [5, 5.41) is 3.54. The summed E-state index contributed by atoms with van der Waals surface area (Å²) in [6, 6.07) is 14.8. The van der Waals surface area contributed by atoms with Gasteiger partial charge in [-0.1, -0.05) is 36.4 Å². The van der Waals surface area contributed by atoms with E-state index < -0.39 is 0 Å². The number of carbonyl (C=O) groups excluding carboxylic acids is 1. The van der Waals surface area contributed by atoms with E-state index in [1.165, 1.54) is 12.0 Å². The minimum absolute atomic E-state index is 0. The van der Waals surface area contributed by atoms with Crippen LogP contribution in [-0.4, -0.2) is 55.0 Å². The van der Waals surface area contributed by atoms with E-state index >= 15 is 0 Å². The van der Waals surface area contributed by atoms with Crippen LogP contribution in [0.15, 0.2) is 53.7 Å². The van der Waals surface area contributed by atoms with E-state index in [4.69, 9.17) is 5.73 Å². The highest BCUT2D eigenvalue weighted by Gasteiger charge is 2.27. The zero-order valence-electron chi connectivity index (χ0n) is 19.3. The van der Waals surface area contributed by atoms with Gasteiger partial charge in [0.2, 0.25) is 5.91 Å². The SMILES string of the molecule is CN=C(NCc1cccnc1N1CCCC(C(N)=O)C1)N1CCC(Cc2ccccc2)C1.I. The first-order valence-electron chi connectivity index (χ1n) is 11.6. The molecule has 8 heteroatoms. The van der Waals surface area contributed by atoms with Crippen LogP contribution in [-0.2, 0) is 17.8 Å². The molecule has 0 spiro atoms. The van der Waals surface area contributed by atoms with Gasteiger partial charge in [0.15, 0.2) is 5.96 Å². The predicted molar refractivity (Wildman–Crippen MR) is 144 cm³/mol. The lowest BCUT2D eigenvalue weighted by Gasteiger charge is -2.33. The lowest BCUT2D eigenvalue weighted by atomic mass is 9.97. The van der Waals surface area contributed by atoms with E-state index in [2.05, 4.69) is 61.5 Å². The Kier molecular flexibility index (Phi) is 9.34. The molecule has 2 aliphatic rings. The first-order valence-corrected chi connectivity index (χ1v) is 11.6. The highest BCUT2D eigenvalue weighted by Crippen LogP contribution is 2.25. The molecule has 1 aromatic heterocycles. The van der Waals surface area contributed by atoms with Gasteiger partial charge in [0.1, 0.15) is 5.82 Å². The maximum absolute atomic E-state index is 11.7. The number of hydrogen-bond donors (Lipinski definition) is 2. The molecular weight excluding hydrogens is 527 g/mol. The van der Waals surface area contributed by atoms with Crippen LogP contribution < -0.4 is 16.0 Å². The van der Waals surface area contributed by atoms with Crippen LogP contribution in [0, 0.1) is 11.8 Å². The zero-order valence-corrected chi connectivity index (χ0v) is 21.7. The third kappa shape index (κ3) is 6.59. The first-order chi connectivity index (χ1) is 15.6. The molecule has 4 rings (SSSR count). The number of halogens is 1. The normalized spacial score (nSPS) is 20.9. The average Bonchev–Trinajstić information content (AvgIpc) is 3.28. The van der Waals surface area contributed by atoms with Crippen molar-refractivity contribution in [1.29, 1.82) is 0 Å². The summed E-state index contributed by atoms with van der Waals surface area (Å²) >= 11 is 0. The highest BCUT2D eigenvalue weighted by molar-refractivity contribution is 14.0. The summed E-state index contributed by atoms with van der Waals surface area (Å²) in [6.07, 6.45) is 5.91. The van der Waals surface area contributed by atoms with Crippen molar-refractivity contribution in [3.05, 3.63) is 59.8 Å². The van der Waals surface area contributed by atoms with Gasteiger partial charge in [0.05, 0.1) is 5.92 Å². The number of nitrogens with zero attached hydrogens (tertiary/aromatic N) is 4. The van der Waals surface area contributed by atoms with Gasteiger partial charge in [-0.2, -0.15) is 0 Å². The van der Waals surface area contributed by atoms with Crippen LogP contribution in [0.1, 0.15) is 30.4 Å². The monoisotopic (exact) mass is 562 g/mol. The molecule has 7 nitrogen and oxygen atoms in total. The van der Waals surface area contributed by atoms with Crippen molar-refractivity contribution in [2.45, 2.75) is 32.2 Å². The molecule has 2 unspecified atom stereocenters. The number of benzene rings is 1. The zero-order chi connectivity index (χ0) is 22.3. The summed E-state index contributed by atoms with van der Waals surface area (Å²) in [6.45, 7) is 4.22. The van der Waals surface area contributed by atoms with Gasteiger partial charge in [0, 0.05) is 51.5 Å². The molecule has 3 N–H and O–H groups in total. The number of aliphatic imine (C=N–C) groups is 1. The minimum atomic E-state index is -0.218. The number of aromatic nitrogens is 1. The van der Waals surface area contributed by atoms with Gasteiger partial charge in [0.25, 0.3) is 0 Å². The first kappa shape index (κ1) is 25.3. The Morgan fingerprint density at radius 1 is 1.15 bits per heavy atom. The van der Waals surface area contributed by atoms with E-state index in [1.54, 1.807) is 0 Å². The smallest absolute Gasteiger partial charge is 0.222 e. The number of amides is 1. The molecule has 1 aromatic carbocycles. The standard InChI is InChI=1S/C25H34N6O.HI/c1-27-25(31-14-11-20(17-31)15-19-7-3-2-4-8-19)29-16-21-9-5-12-28-24(21)30-13-6-10-22(18-30)23(26)32;/h2-5,7-9,12,20,22H,6,10-11,13-18H2,1H3,(H2,26,32)(H,27,29);1H. The molecule has 2 aliphatic heterocycles. The fraction of sp³-hybridized carbons (Fsp3) is 0.480. The van der Waals surface area contributed by atoms with Crippen molar-refractivity contribution in [2.24, 2.45) is 22.6 Å². The number of likely N-dealkylation sites (tertiary alicyclic amines) is 1. The van der Waals surface area contributed by atoms with Gasteiger partial charge >= 0.3 is 0 Å². The van der Waals surface area contributed by atoms with Crippen molar-refractivity contribution in [2.75, 3.05) is 38.1 Å². The summed E-state index contributed by atoms with van der Waals surface area (Å²) in [5.41, 5.74) is 8.08. The van der Waals surface area contributed by atoms with E-state index in [9.17, 15) is 4.79 Å². The number of nitrogens with one attached hydrogen (secondary N) is 1. The number of piperidine rings is 1. The van der Waals surface area contributed by atoms with Crippen LogP contribution in [0.4, 0.5) is 5.82 Å². The fourth-order valence-corrected chi connectivity index (χ4v) is 4.90. The number of carbonyl (C=O) groups is 1. The molecule has 2 saturated heterocycles. The Hall–Kier alpha value is -2.36. The van der Waals surface area contributed by atoms with Crippen molar-refractivity contribution in [3.8, 4) is 0 Å². The van der Waals surface area contributed by atoms with Gasteiger partial charge < -0.3 is 20.9 Å². The highest BCUT2D eigenvalue weighted by atomic mass is 127. The molecule has 1 amide bonds. The second kappa shape index (κ2) is 12.2. The summed E-state index contributed by atoms with van der Waals surface area (Å²) in [4.78, 5) is 25.4. The molecule has 2 fully saturated rings. The number of anilines is 1. The van der Waals surface area contributed by atoms with Crippen LogP contribution in [0.3, 0.4) is 0 Å². The molecular formula is C25H35IN6O. The molecule has 33 heavy (non-hydrogen) atoms. The Morgan fingerprint density at radius 3 is 2.73 bits per heavy atom. The Morgan fingerprint density at radius 2 is 1.97 bits per heavy atom. The molecule has 178 valence electrons. The quantitative estimate of drug-likeness (QED) is 0.321. The predicted octanol–water partition coefficient (Wildman–Crippen LogP) is 3.04. The lowest BCUT2D eigenvalue weighted by Crippen LogP contribution is -2.43. The van der Waals surface area contributed by atoms with Crippen molar-refractivity contribution < 1.29 is 4.79 Å². The van der Waals surface area contributed by atoms with Crippen LogP contribution in [0.2, 0.25) is 0 Å². The molecule has 2 atom stereocenters. The van der Waals surface area contributed by atoms with Crippen LogP contribution >= 0.6 is 24.0 Å². The maximum Gasteiger partial charge on any atom is 0.222 e. The summed E-state index contributed by atoms with van der Waals surface area (Å²) in [7, 11) is 1.85. The number of nitrogens with two attached hydrogens (primary N) is 1. The van der Waals surface area contributed by atoms with Crippen LogP contribution in [0.25, 0.3) is 0 Å². The Bertz CT molecular complexity index is 938. The van der Waals surface area contributed by atoms with E-state index in [0.717, 1.165) is 56.2 Å². The minimum Gasteiger partial charge on any atom is -0.369 e. The number of rotatable bonds is 6. The molecule has 0 bridgehead atoms. The molecule has 3 heterocycles. The van der Waals surface area contributed by atoms with E-state index in [0.29, 0.717) is 19.0 Å². The Labute approximate surface area is 213 Å². The maximum atomic E-state index is 11.7. The summed E-state index contributed by atoms with van der Waals surface area (Å²) in [5.74, 6) is 2.19.